The van der Waals surface area contributed by atoms with Gasteiger partial charge in [0.1, 0.15) is 16.6 Å². The number of hydrogen-bond acceptors (Lipinski definition) is 3. The molecule has 2 aromatic heterocycles. The fourth-order valence-corrected chi connectivity index (χ4v) is 2.06. The topological polar surface area (TPSA) is 54.7 Å². The van der Waals surface area contributed by atoms with Gasteiger partial charge in [0.15, 0.2) is 0 Å². The number of pyridine rings is 1. The molecule has 0 saturated heterocycles. The van der Waals surface area contributed by atoms with Gasteiger partial charge in [-0.15, -0.1) is 12.6 Å². The molecular weight excluding hydrogens is 354 g/mol. The molecule has 0 bridgehead atoms. The van der Waals surface area contributed by atoms with Crippen LogP contribution in [0.1, 0.15) is 5.56 Å². The van der Waals surface area contributed by atoms with E-state index in [9.17, 15) is 17.6 Å². The summed E-state index contributed by atoms with van der Waals surface area (Å²) in [6.45, 7) is 0. The number of aromatic nitrogens is 2. The van der Waals surface area contributed by atoms with Gasteiger partial charge in [-0.3, -0.25) is 0 Å². The second-order valence-electron chi connectivity index (χ2n) is 4.44. The first-order chi connectivity index (χ1) is 10.7. The Balaban J connectivity index is 0.000000167. The summed E-state index contributed by atoms with van der Waals surface area (Å²) in [6.07, 6.45) is -2.73. The summed E-state index contributed by atoms with van der Waals surface area (Å²) >= 11 is 9.89. The van der Waals surface area contributed by atoms with E-state index < -0.39 is 17.6 Å². The van der Waals surface area contributed by atoms with E-state index in [1.165, 1.54) is 0 Å². The third-order valence-electron chi connectivity index (χ3n) is 2.81. The molecule has 122 valence electrons. The van der Waals surface area contributed by atoms with Crippen LogP contribution in [-0.2, 0) is 6.18 Å². The molecule has 0 fully saturated rings. The highest BCUT2D eigenvalue weighted by Crippen LogP contribution is 2.30. The number of H-pyrrole nitrogens is 1. The van der Waals surface area contributed by atoms with Crippen molar-refractivity contribution in [3.63, 3.8) is 0 Å². The predicted molar refractivity (Wildman–Crippen MR) is 84.2 cm³/mol. The van der Waals surface area contributed by atoms with Crippen molar-refractivity contribution < 1.29 is 17.6 Å². The Morgan fingerprint density at radius 1 is 1.17 bits per heavy atom. The smallest absolute Gasteiger partial charge is 0.396 e. The molecule has 3 N–H and O–H groups in total. The van der Waals surface area contributed by atoms with Crippen molar-refractivity contribution in [3.05, 3.63) is 53.1 Å². The summed E-state index contributed by atoms with van der Waals surface area (Å²) in [6, 6.07) is 5.63. The second kappa shape index (κ2) is 6.67. The third kappa shape index (κ3) is 4.29. The lowest BCUT2D eigenvalue weighted by molar-refractivity contribution is -0.137. The molecular formula is C14H10ClF4N3S. The zero-order valence-electron chi connectivity index (χ0n) is 11.3. The van der Waals surface area contributed by atoms with Gasteiger partial charge < -0.3 is 10.7 Å². The van der Waals surface area contributed by atoms with Crippen LogP contribution in [0.3, 0.4) is 0 Å². The highest BCUT2D eigenvalue weighted by atomic mass is 35.5. The number of nitrogen functional groups attached to an aromatic ring is 1. The van der Waals surface area contributed by atoms with Gasteiger partial charge in [0.05, 0.1) is 11.3 Å². The summed E-state index contributed by atoms with van der Waals surface area (Å²) in [5, 5.41) is 1.49. The highest BCUT2D eigenvalue weighted by Gasteiger charge is 2.30. The van der Waals surface area contributed by atoms with E-state index in [1.54, 1.807) is 12.3 Å². The first kappa shape index (κ1) is 17.4. The zero-order chi connectivity index (χ0) is 17.2. The van der Waals surface area contributed by atoms with Gasteiger partial charge in [-0.05, 0) is 30.3 Å². The highest BCUT2D eigenvalue weighted by molar-refractivity contribution is 7.80. The summed E-state index contributed by atoms with van der Waals surface area (Å²) in [5.41, 5.74) is 4.45. The second-order valence-corrected chi connectivity index (χ2v) is 5.31. The third-order valence-corrected chi connectivity index (χ3v) is 3.39. The van der Waals surface area contributed by atoms with Crippen LogP contribution in [0.2, 0.25) is 5.15 Å². The number of anilines is 1. The number of benzene rings is 1. The molecule has 23 heavy (non-hydrogen) atoms. The summed E-state index contributed by atoms with van der Waals surface area (Å²) in [4.78, 5) is 7.91. The molecule has 0 amide bonds. The van der Waals surface area contributed by atoms with E-state index in [1.807, 2.05) is 6.07 Å². The van der Waals surface area contributed by atoms with Crippen LogP contribution < -0.4 is 5.73 Å². The zero-order valence-corrected chi connectivity index (χ0v) is 13.0. The Bertz CT molecular complexity index is 832. The molecule has 0 aliphatic carbocycles. The van der Waals surface area contributed by atoms with Gasteiger partial charge in [0, 0.05) is 16.5 Å². The van der Waals surface area contributed by atoms with Gasteiger partial charge in [0.25, 0.3) is 0 Å². The van der Waals surface area contributed by atoms with Gasteiger partial charge in [0.2, 0.25) is 0 Å². The SMILES string of the molecule is Nc1ccc(C(F)(F)F)cc1F.Sc1c[nH]c2nc(Cl)ccc12. The van der Waals surface area contributed by atoms with Gasteiger partial charge in [-0.25, -0.2) is 9.37 Å². The van der Waals surface area contributed by atoms with E-state index in [0.717, 1.165) is 28.1 Å². The molecule has 0 aliphatic rings. The standard InChI is InChI=1S/C7H5ClN2S.C7H5F4N/c8-6-2-1-4-5(11)3-9-7(4)10-6;8-5-3-4(7(9,10)11)1-2-6(5)12/h1-3,11H,(H,9,10);1-3H,12H2. The van der Waals surface area contributed by atoms with Crippen LogP contribution in [0.25, 0.3) is 11.0 Å². The Morgan fingerprint density at radius 3 is 2.48 bits per heavy atom. The average molecular weight is 364 g/mol. The molecule has 0 unspecified atom stereocenters. The lowest BCUT2D eigenvalue weighted by atomic mass is 10.2. The maximum atomic E-state index is 12.5. The monoisotopic (exact) mass is 363 g/mol. The van der Waals surface area contributed by atoms with Crippen LogP contribution in [0.4, 0.5) is 23.2 Å². The van der Waals surface area contributed by atoms with Crippen molar-refractivity contribution in [3.8, 4) is 0 Å². The van der Waals surface area contributed by atoms with E-state index >= 15 is 0 Å². The van der Waals surface area contributed by atoms with Crippen LogP contribution in [0.15, 0.2) is 41.4 Å². The molecule has 1 aromatic carbocycles. The Labute approximate surface area is 138 Å². The van der Waals surface area contributed by atoms with Gasteiger partial charge in [-0.1, -0.05) is 11.6 Å². The number of hydrogen-bond donors (Lipinski definition) is 3. The van der Waals surface area contributed by atoms with Gasteiger partial charge in [-0.2, -0.15) is 13.2 Å². The molecule has 3 rings (SSSR count). The minimum Gasteiger partial charge on any atom is -0.396 e. The number of rotatable bonds is 0. The normalized spacial score (nSPS) is 11.2. The van der Waals surface area contributed by atoms with Crippen LogP contribution >= 0.6 is 24.2 Å². The Kier molecular flexibility index (Phi) is 5.06. The van der Waals surface area contributed by atoms with E-state index in [4.69, 9.17) is 17.3 Å². The summed E-state index contributed by atoms with van der Waals surface area (Å²) < 4.78 is 48.2. The predicted octanol–water partition coefficient (Wildman–Crippen LogP) is 4.93. The number of nitrogens with one attached hydrogen (secondary N) is 1. The quantitative estimate of drug-likeness (QED) is 0.229. The number of halogens is 5. The summed E-state index contributed by atoms with van der Waals surface area (Å²) in [7, 11) is 0. The van der Waals surface area contributed by atoms with Crippen molar-refractivity contribution in [1.82, 2.24) is 9.97 Å². The van der Waals surface area contributed by atoms with Crippen LogP contribution in [-0.4, -0.2) is 9.97 Å². The van der Waals surface area contributed by atoms with Crippen molar-refractivity contribution in [2.75, 3.05) is 5.73 Å². The first-order valence-electron chi connectivity index (χ1n) is 6.13. The van der Waals surface area contributed by atoms with Crippen molar-refractivity contribution in [1.29, 1.82) is 0 Å². The number of nitrogens with two attached hydrogens (primary N) is 1. The minimum atomic E-state index is -4.52. The van der Waals surface area contributed by atoms with Crippen LogP contribution in [0, 0.1) is 5.82 Å². The Morgan fingerprint density at radius 2 is 1.87 bits per heavy atom. The van der Waals surface area contributed by atoms with E-state index in [2.05, 4.69) is 22.6 Å². The molecule has 2 heterocycles. The molecule has 3 aromatic rings. The number of alkyl halides is 3. The van der Waals surface area contributed by atoms with Crippen molar-refractivity contribution in [2.24, 2.45) is 0 Å². The lowest BCUT2D eigenvalue weighted by Gasteiger charge is -2.06. The van der Waals surface area contributed by atoms with Crippen molar-refractivity contribution >= 4 is 41.0 Å². The molecule has 9 heteroatoms. The molecule has 0 spiro atoms. The molecule has 0 saturated carbocycles. The van der Waals surface area contributed by atoms with Gasteiger partial charge >= 0.3 is 6.18 Å². The summed E-state index contributed by atoms with van der Waals surface area (Å²) in [5.74, 6) is -1.05. The molecule has 0 aliphatic heterocycles. The molecule has 0 radical (unpaired) electrons. The van der Waals surface area contributed by atoms with E-state index in [0.29, 0.717) is 11.2 Å². The number of nitrogens with zero attached hydrogens (tertiary/aromatic N) is 1. The lowest BCUT2D eigenvalue weighted by Crippen LogP contribution is -2.05. The maximum absolute atomic E-state index is 12.5. The minimum absolute atomic E-state index is 0.289. The number of aromatic amines is 1. The fraction of sp³-hybridized carbons (Fsp3) is 0.0714. The molecule has 3 nitrogen and oxygen atoms in total. The van der Waals surface area contributed by atoms with Crippen LogP contribution in [0.5, 0.6) is 0 Å². The fourth-order valence-electron chi connectivity index (χ4n) is 1.67. The first-order valence-corrected chi connectivity index (χ1v) is 6.96. The average Bonchev–Trinajstić information content (AvgIpc) is 2.82. The van der Waals surface area contributed by atoms with Crippen molar-refractivity contribution in [2.45, 2.75) is 11.1 Å². The molecule has 0 atom stereocenters. The maximum Gasteiger partial charge on any atom is 0.416 e. The number of fused-ring (bicyclic) bond motifs is 1. The number of thiol groups is 1. The largest absolute Gasteiger partial charge is 0.416 e. The van der Waals surface area contributed by atoms with E-state index in [-0.39, 0.29) is 5.69 Å². The Hall–Kier alpha value is -1.93.